The topological polar surface area (TPSA) is 126 Å². The molecule has 0 spiro atoms. The third-order valence-electron chi connectivity index (χ3n) is 9.76. The van der Waals surface area contributed by atoms with Crippen molar-refractivity contribution in [2.75, 3.05) is 26.2 Å². The molecule has 47 heavy (non-hydrogen) atoms. The molecule has 2 amide bonds. The van der Waals surface area contributed by atoms with Gasteiger partial charge in [0, 0.05) is 81.6 Å². The highest BCUT2D eigenvalue weighted by molar-refractivity contribution is 5.95. The number of pyridine rings is 2. The third-order valence-corrected chi connectivity index (χ3v) is 9.76. The number of hydrogen-bond acceptors (Lipinski definition) is 7. The minimum absolute atomic E-state index is 0.0406. The van der Waals surface area contributed by atoms with Crippen LogP contribution in [0.25, 0.3) is 22.2 Å². The Labute approximate surface area is 272 Å². The van der Waals surface area contributed by atoms with E-state index in [1.165, 1.54) is 10.9 Å². The minimum atomic E-state index is -1.13. The number of aromatic nitrogens is 5. The highest BCUT2D eigenvalue weighted by Gasteiger charge is 2.41. The number of amides is 2. The average Bonchev–Trinajstić information content (AvgIpc) is 3.50. The van der Waals surface area contributed by atoms with Crippen molar-refractivity contribution in [1.82, 2.24) is 33.9 Å². The molecule has 1 N–H and O–H groups in total. The molecule has 0 unspecified atom stereocenters. The summed E-state index contributed by atoms with van der Waals surface area (Å²) in [5, 5.41) is 12.0. The molecule has 0 saturated carbocycles. The Hall–Kier alpha value is -5.16. The molecule has 2 saturated heterocycles. The van der Waals surface area contributed by atoms with E-state index in [-0.39, 0.29) is 35.8 Å². The number of carbonyl (C=O) groups excluding carboxylic acids is 2. The van der Waals surface area contributed by atoms with Crippen LogP contribution in [0, 0.1) is 5.92 Å². The van der Waals surface area contributed by atoms with E-state index in [1.54, 1.807) is 41.6 Å². The lowest BCUT2D eigenvalue weighted by Crippen LogP contribution is -2.53. The summed E-state index contributed by atoms with van der Waals surface area (Å²) in [5.41, 5.74) is 2.59. The predicted molar refractivity (Wildman–Crippen MR) is 176 cm³/mol. The number of likely N-dealkylation sites (tertiary alicyclic amines) is 2. The van der Waals surface area contributed by atoms with Gasteiger partial charge in [-0.1, -0.05) is 30.3 Å². The van der Waals surface area contributed by atoms with E-state index in [4.69, 9.17) is 0 Å². The van der Waals surface area contributed by atoms with Crippen LogP contribution in [0.15, 0.2) is 96.7 Å². The Kier molecular flexibility index (Phi) is 8.15. The molecule has 0 aliphatic carbocycles. The molecule has 2 aliphatic heterocycles. The van der Waals surface area contributed by atoms with Crippen LogP contribution in [-0.2, 0) is 18.4 Å². The smallest absolute Gasteiger partial charge is 0.262 e. The molecule has 240 valence electrons. The van der Waals surface area contributed by atoms with Gasteiger partial charge in [0.2, 0.25) is 5.91 Å². The first kappa shape index (κ1) is 30.5. The number of benzene rings is 1. The molecule has 6 heterocycles. The van der Waals surface area contributed by atoms with E-state index >= 15 is 0 Å². The van der Waals surface area contributed by atoms with Crippen LogP contribution in [0.4, 0.5) is 0 Å². The SMILES string of the molecule is Cn1ccc2c(=O)n(CC3(O)CCN(C(=O)[C@@H]4CCN(C(=O)c5cncc(-c6ccncc6)c5)C[C@H]4c4ccccc4)CC3)cnc21. The van der Waals surface area contributed by atoms with Gasteiger partial charge in [0.1, 0.15) is 12.0 Å². The number of nitrogens with zero attached hydrogens (tertiary/aromatic N) is 7. The maximum atomic E-state index is 14.1. The van der Waals surface area contributed by atoms with Crippen molar-refractivity contribution in [3.05, 3.63) is 113 Å². The fourth-order valence-corrected chi connectivity index (χ4v) is 7.06. The maximum absolute atomic E-state index is 14.1. The molecule has 2 atom stereocenters. The fraction of sp³-hybridized carbons (Fsp3) is 0.333. The van der Waals surface area contributed by atoms with Gasteiger partial charge < -0.3 is 19.5 Å². The normalized spacial score (nSPS) is 19.5. The van der Waals surface area contributed by atoms with Gasteiger partial charge in [0.05, 0.1) is 23.1 Å². The number of fused-ring (bicyclic) bond motifs is 1. The first-order chi connectivity index (χ1) is 22.8. The average molecular weight is 632 g/mol. The van der Waals surface area contributed by atoms with E-state index in [1.807, 2.05) is 65.4 Å². The molecule has 7 rings (SSSR count). The van der Waals surface area contributed by atoms with E-state index in [9.17, 15) is 19.5 Å². The van der Waals surface area contributed by atoms with Gasteiger partial charge >= 0.3 is 0 Å². The largest absolute Gasteiger partial charge is 0.388 e. The molecular weight excluding hydrogens is 594 g/mol. The first-order valence-corrected chi connectivity index (χ1v) is 16.0. The van der Waals surface area contributed by atoms with Gasteiger partial charge in [-0.05, 0) is 54.7 Å². The van der Waals surface area contributed by atoms with Crippen molar-refractivity contribution in [3.63, 3.8) is 0 Å². The maximum Gasteiger partial charge on any atom is 0.262 e. The van der Waals surface area contributed by atoms with Crippen molar-refractivity contribution in [2.24, 2.45) is 13.0 Å². The summed E-state index contributed by atoms with van der Waals surface area (Å²) in [6.07, 6.45) is 11.3. The van der Waals surface area contributed by atoms with Crippen LogP contribution in [0.3, 0.4) is 0 Å². The van der Waals surface area contributed by atoms with E-state index in [0.29, 0.717) is 62.0 Å². The van der Waals surface area contributed by atoms with Gasteiger partial charge in [0.15, 0.2) is 0 Å². The lowest BCUT2D eigenvalue weighted by molar-refractivity contribution is -0.142. The summed E-state index contributed by atoms with van der Waals surface area (Å²) in [4.78, 5) is 57.5. The van der Waals surface area contributed by atoms with Crippen molar-refractivity contribution >= 4 is 22.8 Å². The number of hydrogen-bond donors (Lipinski definition) is 1. The van der Waals surface area contributed by atoms with Crippen molar-refractivity contribution in [1.29, 1.82) is 0 Å². The van der Waals surface area contributed by atoms with Crippen LogP contribution in [-0.4, -0.2) is 82.6 Å². The van der Waals surface area contributed by atoms with E-state index in [0.717, 1.165) is 16.7 Å². The first-order valence-electron chi connectivity index (χ1n) is 16.0. The van der Waals surface area contributed by atoms with Crippen molar-refractivity contribution < 1.29 is 14.7 Å². The highest BCUT2D eigenvalue weighted by atomic mass is 16.3. The molecule has 5 aromatic rings. The predicted octanol–water partition coefficient (Wildman–Crippen LogP) is 3.49. The van der Waals surface area contributed by atoms with E-state index < -0.39 is 5.60 Å². The lowest BCUT2D eigenvalue weighted by Gasteiger charge is -2.43. The standard InChI is InChI=1S/C36H37N7O4/c1-40-15-9-30-32(40)39-24-43(35(30)46)23-36(47)11-17-41(18-12-36)34(45)29-10-16-42(22-31(29)26-5-3-2-4-6-26)33(44)28-19-27(20-38-21-28)25-7-13-37-14-8-25/h2-9,13-15,19-21,24,29,31,47H,10-12,16-18,22-23H2,1H3/t29-,31+/m1/s1. The molecule has 0 radical (unpaired) electrons. The van der Waals surface area contributed by atoms with Crippen LogP contribution < -0.4 is 5.56 Å². The quantitative estimate of drug-likeness (QED) is 0.304. The van der Waals surface area contributed by atoms with Crippen LogP contribution in [0.2, 0.25) is 0 Å². The Bertz CT molecular complexity index is 1970. The molecule has 4 aromatic heterocycles. The summed E-state index contributed by atoms with van der Waals surface area (Å²) in [7, 11) is 1.84. The van der Waals surface area contributed by atoms with Gasteiger partial charge in [-0.3, -0.25) is 28.9 Å². The molecule has 11 heteroatoms. The summed E-state index contributed by atoms with van der Waals surface area (Å²) in [6.45, 7) is 1.76. The zero-order valence-electron chi connectivity index (χ0n) is 26.3. The van der Waals surface area contributed by atoms with Crippen molar-refractivity contribution in [3.8, 4) is 11.1 Å². The van der Waals surface area contributed by atoms with Crippen LogP contribution >= 0.6 is 0 Å². The Morgan fingerprint density at radius 1 is 0.936 bits per heavy atom. The zero-order chi connectivity index (χ0) is 32.5. The highest BCUT2D eigenvalue weighted by Crippen LogP contribution is 2.36. The second kappa shape index (κ2) is 12.6. The summed E-state index contributed by atoms with van der Waals surface area (Å²) in [6, 6.07) is 17.3. The number of carbonyl (C=O) groups is 2. The van der Waals surface area contributed by atoms with Gasteiger partial charge in [0.25, 0.3) is 11.5 Å². The van der Waals surface area contributed by atoms with Gasteiger partial charge in [-0.15, -0.1) is 0 Å². The summed E-state index contributed by atoms with van der Waals surface area (Å²) >= 11 is 0. The van der Waals surface area contributed by atoms with E-state index in [2.05, 4.69) is 15.0 Å². The number of aryl methyl sites for hydroxylation is 1. The molecule has 2 aliphatic rings. The van der Waals surface area contributed by atoms with Crippen LogP contribution in [0.5, 0.6) is 0 Å². The Morgan fingerprint density at radius 3 is 2.47 bits per heavy atom. The monoisotopic (exact) mass is 631 g/mol. The summed E-state index contributed by atoms with van der Waals surface area (Å²) in [5.74, 6) is -0.553. The zero-order valence-corrected chi connectivity index (χ0v) is 26.3. The third kappa shape index (κ3) is 6.06. The molecule has 11 nitrogen and oxygen atoms in total. The Balaban J connectivity index is 1.05. The number of rotatable bonds is 6. The molecular formula is C36H37N7O4. The number of piperidine rings is 2. The molecule has 2 fully saturated rings. The van der Waals surface area contributed by atoms with Gasteiger partial charge in [-0.25, -0.2) is 4.98 Å². The lowest BCUT2D eigenvalue weighted by atomic mass is 9.79. The second-order valence-electron chi connectivity index (χ2n) is 12.8. The second-order valence-corrected chi connectivity index (χ2v) is 12.8. The minimum Gasteiger partial charge on any atom is -0.388 e. The molecule has 1 aromatic carbocycles. The fourth-order valence-electron chi connectivity index (χ4n) is 7.06. The molecule has 0 bridgehead atoms. The van der Waals surface area contributed by atoms with Crippen LogP contribution in [0.1, 0.15) is 41.1 Å². The van der Waals surface area contributed by atoms with Crippen molar-refractivity contribution in [2.45, 2.75) is 37.3 Å². The number of aliphatic hydroxyl groups is 1. The Morgan fingerprint density at radius 2 is 1.70 bits per heavy atom. The van der Waals surface area contributed by atoms with Gasteiger partial charge in [-0.2, -0.15) is 0 Å². The summed E-state index contributed by atoms with van der Waals surface area (Å²) < 4.78 is 3.27.